The molecule has 0 aliphatic carbocycles. The van der Waals surface area contributed by atoms with Crippen molar-refractivity contribution in [2.75, 3.05) is 11.4 Å². The Kier molecular flexibility index (Phi) is 5.94. The van der Waals surface area contributed by atoms with Crippen LogP contribution in [0.2, 0.25) is 0 Å². The lowest BCUT2D eigenvalue weighted by Crippen LogP contribution is -2.33. The van der Waals surface area contributed by atoms with Crippen LogP contribution in [-0.4, -0.2) is 15.5 Å². The molecule has 0 radical (unpaired) electrons. The fraction of sp³-hybridized carbons (Fsp3) is 0.217. The highest BCUT2D eigenvalue weighted by atomic mass is 32.2. The van der Waals surface area contributed by atoms with Crippen molar-refractivity contribution < 1.29 is 17.5 Å². The maximum Gasteiger partial charge on any atom is 0.264 e. The van der Waals surface area contributed by atoms with Gasteiger partial charge in [-0.15, -0.1) is 0 Å². The first-order valence-corrected chi connectivity index (χ1v) is 10.7. The minimum Gasteiger partial charge on any atom is -0.497 e. The molecule has 0 saturated heterocycles. The zero-order chi connectivity index (χ0) is 21.2. The van der Waals surface area contributed by atoms with E-state index in [1.54, 1.807) is 38.3 Å². The van der Waals surface area contributed by atoms with E-state index in [0.29, 0.717) is 17.0 Å². The first kappa shape index (κ1) is 20.9. The quantitative estimate of drug-likeness (QED) is 0.543. The normalized spacial score (nSPS) is 12.4. The molecule has 0 amide bonds. The van der Waals surface area contributed by atoms with E-state index in [1.807, 2.05) is 38.1 Å². The van der Waals surface area contributed by atoms with Crippen molar-refractivity contribution in [3.63, 3.8) is 0 Å². The Hall–Kier alpha value is -2.86. The van der Waals surface area contributed by atoms with E-state index >= 15 is 0 Å². The topological polar surface area (TPSA) is 46.6 Å². The molecule has 3 aromatic carbocycles. The molecule has 3 aromatic rings. The van der Waals surface area contributed by atoms with Gasteiger partial charge in [0.2, 0.25) is 0 Å². The third kappa shape index (κ3) is 4.27. The number of hydrogen-bond donors (Lipinski definition) is 0. The van der Waals surface area contributed by atoms with Gasteiger partial charge in [-0.1, -0.05) is 35.9 Å². The van der Waals surface area contributed by atoms with E-state index < -0.39 is 21.9 Å². The van der Waals surface area contributed by atoms with E-state index in [4.69, 9.17) is 4.74 Å². The number of aryl methyl sites for hydroxylation is 2. The SMILES string of the molecule is COc1ccc(N(C(C)c2ccc(C)cc2)S(=O)(=O)c2ccc(C)c(F)c2)cc1. The lowest BCUT2D eigenvalue weighted by molar-refractivity contribution is 0.415. The molecule has 1 unspecified atom stereocenters. The van der Waals surface area contributed by atoms with Crippen LogP contribution in [0.5, 0.6) is 5.75 Å². The maximum atomic E-state index is 14.1. The summed E-state index contributed by atoms with van der Waals surface area (Å²) in [5, 5.41) is 0. The van der Waals surface area contributed by atoms with E-state index in [-0.39, 0.29) is 4.90 Å². The van der Waals surface area contributed by atoms with Gasteiger partial charge in [0.1, 0.15) is 11.6 Å². The third-order valence-electron chi connectivity index (χ3n) is 4.94. The number of hydrogen-bond acceptors (Lipinski definition) is 3. The van der Waals surface area contributed by atoms with Crippen molar-refractivity contribution in [2.45, 2.75) is 31.7 Å². The molecular weight excluding hydrogens is 389 g/mol. The molecule has 152 valence electrons. The number of rotatable bonds is 6. The van der Waals surface area contributed by atoms with Crippen LogP contribution in [0.3, 0.4) is 0 Å². The molecule has 6 heteroatoms. The van der Waals surface area contributed by atoms with Crippen molar-refractivity contribution >= 4 is 15.7 Å². The lowest BCUT2D eigenvalue weighted by Gasteiger charge is -2.31. The van der Waals surface area contributed by atoms with E-state index in [2.05, 4.69) is 0 Å². The van der Waals surface area contributed by atoms with Crippen LogP contribution in [0.1, 0.15) is 29.7 Å². The van der Waals surface area contributed by atoms with Gasteiger partial charge in [-0.25, -0.2) is 12.8 Å². The summed E-state index contributed by atoms with van der Waals surface area (Å²) in [6.07, 6.45) is 0. The van der Waals surface area contributed by atoms with E-state index in [1.165, 1.54) is 16.4 Å². The van der Waals surface area contributed by atoms with Gasteiger partial charge in [0.25, 0.3) is 10.0 Å². The molecule has 0 saturated carbocycles. The molecule has 0 aromatic heterocycles. The Balaban J connectivity index is 2.15. The van der Waals surface area contributed by atoms with Gasteiger partial charge in [-0.3, -0.25) is 4.31 Å². The van der Waals surface area contributed by atoms with Crippen molar-refractivity contribution in [3.05, 3.63) is 89.2 Å². The van der Waals surface area contributed by atoms with Gasteiger partial charge in [0.15, 0.2) is 0 Å². The second-order valence-electron chi connectivity index (χ2n) is 7.00. The Bertz CT molecular complexity index is 1090. The molecule has 0 N–H and O–H groups in total. The van der Waals surface area contributed by atoms with Crippen LogP contribution < -0.4 is 9.04 Å². The van der Waals surface area contributed by atoms with Crippen molar-refractivity contribution in [1.29, 1.82) is 0 Å². The smallest absolute Gasteiger partial charge is 0.264 e. The van der Waals surface area contributed by atoms with Gasteiger partial charge >= 0.3 is 0 Å². The molecule has 1 atom stereocenters. The first-order chi connectivity index (χ1) is 13.7. The van der Waals surface area contributed by atoms with Crippen LogP contribution >= 0.6 is 0 Å². The number of sulfonamides is 1. The highest BCUT2D eigenvalue weighted by Crippen LogP contribution is 2.34. The number of anilines is 1. The number of nitrogens with zero attached hydrogens (tertiary/aromatic N) is 1. The predicted octanol–water partition coefficient (Wildman–Crippen LogP) is 5.41. The standard InChI is InChI=1S/C23H24FNO3S/c1-16-5-8-19(9-6-16)18(3)25(20-10-12-21(28-4)13-11-20)29(26,27)22-14-7-17(2)23(24)15-22/h5-15,18H,1-4H3. The average Bonchev–Trinajstić information content (AvgIpc) is 2.71. The second-order valence-corrected chi connectivity index (χ2v) is 8.81. The van der Waals surface area contributed by atoms with Gasteiger partial charge in [0, 0.05) is 0 Å². The molecule has 0 fully saturated rings. The largest absolute Gasteiger partial charge is 0.497 e. The summed E-state index contributed by atoms with van der Waals surface area (Å²) in [5.41, 5.74) is 2.79. The minimum absolute atomic E-state index is 0.0876. The third-order valence-corrected chi connectivity index (χ3v) is 6.83. The molecule has 29 heavy (non-hydrogen) atoms. The Morgan fingerprint density at radius 1 is 0.931 bits per heavy atom. The van der Waals surface area contributed by atoms with Crippen LogP contribution in [0.15, 0.2) is 71.6 Å². The van der Waals surface area contributed by atoms with E-state index in [9.17, 15) is 12.8 Å². The summed E-state index contributed by atoms with van der Waals surface area (Å²) >= 11 is 0. The summed E-state index contributed by atoms with van der Waals surface area (Å²) in [5.74, 6) is 0.0687. The van der Waals surface area contributed by atoms with E-state index in [0.717, 1.165) is 17.2 Å². The molecule has 0 aliphatic heterocycles. The predicted molar refractivity (Wildman–Crippen MR) is 113 cm³/mol. The molecule has 3 rings (SSSR count). The fourth-order valence-corrected chi connectivity index (χ4v) is 4.78. The monoisotopic (exact) mass is 413 g/mol. The highest BCUT2D eigenvalue weighted by Gasteiger charge is 2.31. The van der Waals surface area contributed by atoms with Crippen molar-refractivity contribution in [2.24, 2.45) is 0 Å². The van der Waals surface area contributed by atoms with Gasteiger partial charge in [-0.2, -0.15) is 0 Å². The molecule has 0 spiro atoms. The van der Waals surface area contributed by atoms with Gasteiger partial charge < -0.3 is 4.74 Å². The van der Waals surface area contributed by atoms with Gasteiger partial charge in [0.05, 0.1) is 23.7 Å². The average molecular weight is 414 g/mol. The van der Waals surface area contributed by atoms with Crippen LogP contribution in [0.4, 0.5) is 10.1 Å². The van der Waals surface area contributed by atoms with Crippen LogP contribution in [0.25, 0.3) is 0 Å². The summed E-state index contributed by atoms with van der Waals surface area (Å²) in [7, 11) is -2.47. The van der Waals surface area contributed by atoms with Crippen molar-refractivity contribution in [3.8, 4) is 5.75 Å². The first-order valence-electron chi connectivity index (χ1n) is 9.25. The van der Waals surface area contributed by atoms with Crippen LogP contribution in [0, 0.1) is 19.7 Å². The summed E-state index contributed by atoms with van der Waals surface area (Å²) in [6.45, 7) is 5.39. The number of ether oxygens (including phenoxy) is 1. The fourth-order valence-electron chi connectivity index (χ4n) is 3.13. The molecule has 0 aliphatic rings. The molecule has 4 nitrogen and oxygen atoms in total. The Morgan fingerprint density at radius 3 is 2.10 bits per heavy atom. The Morgan fingerprint density at radius 2 is 1.55 bits per heavy atom. The number of benzene rings is 3. The van der Waals surface area contributed by atoms with Crippen molar-refractivity contribution in [1.82, 2.24) is 0 Å². The zero-order valence-corrected chi connectivity index (χ0v) is 17.7. The maximum absolute atomic E-state index is 14.1. The molecule has 0 heterocycles. The Labute approximate surface area is 171 Å². The number of methoxy groups -OCH3 is 1. The minimum atomic E-state index is -4.02. The highest BCUT2D eigenvalue weighted by molar-refractivity contribution is 7.92. The summed E-state index contributed by atoms with van der Waals surface area (Å²) < 4.78 is 47.8. The molecular formula is C23H24FNO3S. The van der Waals surface area contributed by atoms with Gasteiger partial charge in [-0.05, 0) is 68.3 Å². The number of halogens is 1. The van der Waals surface area contributed by atoms with Crippen LogP contribution in [-0.2, 0) is 10.0 Å². The summed E-state index contributed by atoms with van der Waals surface area (Å²) in [4.78, 5) is -0.0876. The zero-order valence-electron chi connectivity index (χ0n) is 16.9. The second kappa shape index (κ2) is 8.25. The molecule has 0 bridgehead atoms. The summed E-state index contributed by atoms with van der Waals surface area (Å²) in [6, 6.07) is 18.0. The lowest BCUT2D eigenvalue weighted by atomic mass is 10.1.